The molecule has 0 spiro atoms. The normalized spacial score (nSPS) is 27.1. The van der Waals surface area contributed by atoms with Gasteiger partial charge in [0, 0.05) is 24.5 Å². The monoisotopic (exact) mass is 405 g/mol. The summed E-state index contributed by atoms with van der Waals surface area (Å²) in [6, 6.07) is 13.3. The third-order valence-corrected chi connectivity index (χ3v) is 8.04. The van der Waals surface area contributed by atoms with Gasteiger partial charge in [0.15, 0.2) is 0 Å². The Kier molecular flexibility index (Phi) is 5.14. The van der Waals surface area contributed by atoms with Gasteiger partial charge in [-0.1, -0.05) is 25.0 Å². The predicted octanol–water partition coefficient (Wildman–Crippen LogP) is 5.33. The first kappa shape index (κ1) is 19.7. The third-order valence-electron chi connectivity index (χ3n) is 8.04. The van der Waals surface area contributed by atoms with Gasteiger partial charge in [-0.2, -0.15) is 0 Å². The summed E-state index contributed by atoms with van der Waals surface area (Å²) in [5.41, 5.74) is 6.20. The molecular formula is C26H35N3O. The van der Waals surface area contributed by atoms with Crippen molar-refractivity contribution in [1.29, 1.82) is 0 Å². The number of para-hydroxylation sites is 2. The summed E-state index contributed by atoms with van der Waals surface area (Å²) in [5, 5.41) is 18.4. The van der Waals surface area contributed by atoms with Gasteiger partial charge in [0.1, 0.15) is 5.75 Å². The number of phenolic OH excluding ortho intramolecular Hbond substituents is 1. The number of phenols is 1. The molecule has 1 aliphatic heterocycles. The maximum absolute atomic E-state index is 11.1. The predicted molar refractivity (Wildman–Crippen MR) is 125 cm³/mol. The summed E-state index contributed by atoms with van der Waals surface area (Å²) < 4.78 is 0. The molecule has 3 aliphatic rings. The smallest absolute Gasteiger partial charge is 0.139 e. The van der Waals surface area contributed by atoms with Crippen LogP contribution in [-0.2, 0) is 11.8 Å². The minimum absolute atomic E-state index is 0.275. The Labute approximate surface area is 180 Å². The van der Waals surface area contributed by atoms with Crippen molar-refractivity contribution in [2.75, 3.05) is 29.9 Å². The molecule has 1 saturated carbocycles. The molecule has 2 aliphatic carbocycles. The molecule has 2 aromatic carbocycles. The summed E-state index contributed by atoms with van der Waals surface area (Å²) in [6.45, 7) is 7.40. The highest BCUT2D eigenvalue weighted by Gasteiger charge is 2.51. The number of anilines is 3. The lowest BCUT2D eigenvalue weighted by molar-refractivity contribution is 0.0796. The van der Waals surface area contributed by atoms with Gasteiger partial charge in [0.2, 0.25) is 0 Å². The quantitative estimate of drug-likeness (QED) is 0.589. The topological polar surface area (TPSA) is 47.5 Å². The van der Waals surface area contributed by atoms with Crippen LogP contribution in [0, 0.1) is 5.92 Å². The van der Waals surface area contributed by atoms with E-state index in [1.807, 2.05) is 0 Å². The highest BCUT2D eigenvalue weighted by atomic mass is 16.3. The average molecular weight is 406 g/mol. The first-order valence-corrected chi connectivity index (χ1v) is 11.9. The Balaban J connectivity index is 1.53. The molecule has 0 amide bonds. The van der Waals surface area contributed by atoms with Crippen LogP contribution in [0.2, 0.25) is 0 Å². The number of hydrogen-bond donors (Lipinski definition) is 3. The van der Waals surface area contributed by atoms with Gasteiger partial charge in [-0.05, 0) is 87.4 Å². The summed E-state index contributed by atoms with van der Waals surface area (Å²) in [6.07, 6.45) is 7.57. The van der Waals surface area contributed by atoms with E-state index in [9.17, 15) is 5.11 Å². The van der Waals surface area contributed by atoms with E-state index in [0.29, 0.717) is 11.8 Å². The van der Waals surface area contributed by atoms with E-state index in [0.717, 1.165) is 43.3 Å². The van der Waals surface area contributed by atoms with E-state index in [1.54, 1.807) is 0 Å². The van der Waals surface area contributed by atoms with Gasteiger partial charge in [-0.3, -0.25) is 0 Å². The number of nitrogens with one attached hydrogen (secondary N) is 2. The van der Waals surface area contributed by atoms with E-state index in [1.165, 1.54) is 48.9 Å². The maximum Gasteiger partial charge on any atom is 0.139 e. The van der Waals surface area contributed by atoms with Crippen LogP contribution >= 0.6 is 0 Å². The largest absolute Gasteiger partial charge is 0.506 e. The van der Waals surface area contributed by atoms with Crippen LogP contribution < -0.4 is 15.5 Å². The number of rotatable bonds is 5. The minimum atomic E-state index is 0.275. The number of aromatic hydroxyl groups is 1. The summed E-state index contributed by atoms with van der Waals surface area (Å²) in [7, 11) is 0. The Hall–Kier alpha value is -2.20. The van der Waals surface area contributed by atoms with Crippen LogP contribution in [0.4, 0.5) is 17.1 Å². The second kappa shape index (κ2) is 7.81. The molecule has 2 aromatic rings. The van der Waals surface area contributed by atoms with Crippen LogP contribution in [0.1, 0.15) is 57.1 Å². The Morgan fingerprint density at radius 1 is 1.10 bits per heavy atom. The van der Waals surface area contributed by atoms with Crippen molar-refractivity contribution >= 4 is 17.1 Å². The van der Waals surface area contributed by atoms with E-state index in [2.05, 4.69) is 65.8 Å². The fraction of sp³-hybridized carbons (Fsp3) is 0.538. The minimum Gasteiger partial charge on any atom is -0.506 e. The number of piperidine rings is 1. The molecule has 160 valence electrons. The SMILES string of the molecule is CCN(CC)c1ccccc1Nc1cc2c(cc1O)[C@@]13CCCC[C@H]1[C@@H](C2)NCC3. The average Bonchev–Trinajstić information content (AvgIpc) is 2.77. The van der Waals surface area contributed by atoms with Gasteiger partial charge in [-0.25, -0.2) is 0 Å². The van der Waals surface area contributed by atoms with Crippen molar-refractivity contribution in [3.05, 3.63) is 47.5 Å². The van der Waals surface area contributed by atoms with E-state index >= 15 is 0 Å². The number of hydrogen-bond acceptors (Lipinski definition) is 4. The highest BCUT2D eigenvalue weighted by molar-refractivity contribution is 5.78. The van der Waals surface area contributed by atoms with Crippen LogP contribution in [0.15, 0.2) is 36.4 Å². The van der Waals surface area contributed by atoms with Crippen LogP contribution in [0.5, 0.6) is 5.75 Å². The lowest BCUT2D eigenvalue weighted by Gasteiger charge is -2.56. The van der Waals surface area contributed by atoms with Gasteiger partial charge in [-0.15, -0.1) is 0 Å². The highest BCUT2D eigenvalue weighted by Crippen LogP contribution is 2.55. The van der Waals surface area contributed by atoms with Crippen LogP contribution in [0.25, 0.3) is 0 Å². The van der Waals surface area contributed by atoms with Crippen molar-refractivity contribution in [1.82, 2.24) is 5.32 Å². The molecule has 4 nitrogen and oxygen atoms in total. The van der Waals surface area contributed by atoms with E-state index in [-0.39, 0.29) is 5.41 Å². The number of nitrogens with zero attached hydrogens (tertiary/aromatic N) is 1. The third kappa shape index (κ3) is 3.08. The van der Waals surface area contributed by atoms with E-state index in [4.69, 9.17) is 0 Å². The summed E-state index contributed by atoms with van der Waals surface area (Å²) in [4.78, 5) is 2.34. The second-order valence-corrected chi connectivity index (χ2v) is 9.36. The standard InChI is InChI=1S/C26H35N3O/c1-3-29(4-2)24-11-6-5-10-21(24)28-23-16-18-15-22-19-9-7-8-12-26(19,13-14-27-22)20(18)17-25(23)30/h5-6,10-11,16-17,19,22,27-28,30H,3-4,7-9,12-15H2,1-2H3/t19-,22+,26+/m0/s1. The fourth-order valence-corrected chi connectivity index (χ4v) is 6.64. The molecule has 4 heteroatoms. The van der Waals surface area contributed by atoms with Crippen molar-refractivity contribution in [2.24, 2.45) is 5.92 Å². The molecule has 1 saturated heterocycles. The zero-order chi connectivity index (χ0) is 20.7. The first-order chi connectivity index (χ1) is 14.7. The van der Waals surface area contributed by atoms with Gasteiger partial charge in [0.25, 0.3) is 0 Å². The van der Waals surface area contributed by atoms with Crippen LogP contribution in [0.3, 0.4) is 0 Å². The Morgan fingerprint density at radius 3 is 2.77 bits per heavy atom. The molecule has 3 N–H and O–H groups in total. The molecule has 2 fully saturated rings. The lowest BCUT2D eigenvalue weighted by atomic mass is 9.53. The zero-order valence-electron chi connectivity index (χ0n) is 18.4. The number of benzene rings is 2. The van der Waals surface area contributed by atoms with Gasteiger partial charge in [0.05, 0.1) is 17.1 Å². The lowest BCUT2D eigenvalue weighted by Crippen LogP contribution is -2.59. The molecule has 30 heavy (non-hydrogen) atoms. The first-order valence-electron chi connectivity index (χ1n) is 11.9. The molecule has 0 radical (unpaired) electrons. The summed E-state index contributed by atoms with van der Waals surface area (Å²) >= 11 is 0. The molecular weight excluding hydrogens is 370 g/mol. The van der Waals surface area contributed by atoms with Crippen molar-refractivity contribution in [3.8, 4) is 5.75 Å². The van der Waals surface area contributed by atoms with Gasteiger partial charge < -0.3 is 20.6 Å². The molecule has 0 unspecified atom stereocenters. The molecule has 3 atom stereocenters. The molecule has 2 bridgehead atoms. The Morgan fingerprint density at radius 2 is 1.93 bits per heavy atom. The fourth-order valence-electron chi connectivity index (χ4n) is 6.64. The second-order valence-electron chi connectivity index (χ2n) is 9.36. The Bertz CT molecular complexity index is 918. The molecule has 1 heterocycles. The molecule has 0 aromatic heterocycles. The van der Waals surface area contributed by atoms with Gasteiger partial charge >= 0.3 is 0 Å². The summed E-state index contributed by atoms with van der Waals surface area (Å²) in [5.74, 6) is 1.12. The van der Waals surface area contributed by atoms with E-state index < -0.39 is 0 Å². The number of fused-ring (bicyclic) bond motifs is 1. The van der Waals surface area contributed by atoms with Crippen molar-refractivity contribution < 1.29 is 5.11 Å². The zero-order valence-corrected chi connectivity index (χ0v) is 18.4. The molecule has 5 rings (SSSR count). The van der Waals surface area contributed by atoms with Crippen molar-refractivity contribution in [2.45, 2.75) is 63.8 Å². The van der Waals surface area contributed by atoms with Crippen LogP contribution in [-0.4, -0.2) is 30.8 Å². The maximum atomic E-state index is 11.1. The van der Waals surface area contributed by atoms with Crippen molar-refractivity contribution in [3.63, 3.8) is 0 Å².